The van der Waals surface area contributed by atoms with Gasteiger partial charge in [0.05, 0.1) is 16.1 Å². The van der Waals surface area contributed by atoms with Crippen molar-refractivity contribution < 1.29 is 18.3 Å². The molecule has 0 heterocycles. The summed E-state index contributed by atoms with van der Waals surface area (Å²) in [6, 6.07) is 25.6. The number of benzene rings is 4. The maximum absolute atomic E-state index is 13.0. The number of anilines is 1. The molecule has 31 heavy (non-hydrogen) atoms. The molecule has 0 aliphatic rings. The lowest BCUT2D eigenvalue weighted by atomic mass is 10.1. The first-order valence-corrected chi connectivity index (χ1v) is 10.9. The Bertz CT molecular complexity index is 1460. The summed E-state index contributed by atoms with van der Waals surface area (Å²) in [5.41, 5.74) is 1.48. The first kappa shape index (κ1) is 20.2. The van der Waals surface area contributed by atoms with Crippen molar-refractivity contribution >= 4 is 32.5 Å². The molecule has 0 spiro atoms. The van der Waals surface area contributed by atoms with Gasteiger partial charge in [-0.25, -0.2) is 13.2 Å². The second-order valence-corrected chi connectivity index (χ2v) is 8.48. The van der Waals surface area contributed by atoms with Gasteiger partial charge < -0.3 is 5.11 Å². The number of carboxylic acids is 1. The Morgan fingerprint density at radius 3 is 2.32 bits per heavy atom. The van der Waals surface area contributed by atoms with Crippen molar-refractivity contribution in [1.82, 2.24) is 0 Å². The van der Waals surface area contributed by atoms with Gasteiger partial charge in [-0.3, -0.25) is 4.72 Å². The summed E-state index contributed by atoms with van der Waals surface area (Å²) < 4.78 is 28.5. The number of sulfonamides is 1. The van der Waals surface area contributed by atoms with E-state index in [9.17, 15) is 13.2 Å². The van der Waals surface area contributed by atoms with Crippen LogP contribution in [0, 0.1) is 11.8 Å². The van der Waals surface area contributed by atoms with Crippen molar-refractivity contribution in [1.29, 1.82) is 0 Å². The van der Waals surface area contributed by atoms with E-state index in [0.717, 1.165) is 10.8 Å². The molecule has 0 unspecified atom stereocenters. The van der Waals surface area contributed by atoms with Crippen molar-refractivity contribution in [2.45, 2.75) is 4.90 Å². The number of carboxylic acid groups (broad SMARTS) is 1. The number of hydrogen-bond donors (Lipinski definition) is 2. The highest BCUT2D eigenvalue weighted by Gasteiger charge is 2.16. The number of aromatic carboxylic acids is 1. The summed E-state index contributed by atoms with van der Waals surface area (Å²) in [6.45, 7) is 0. The minimum atomic E-state index is -3.82. The minimum absolute atomic E-state index is 0.136. The Kier molecular flexibility index (Phi) is 5.44. The van der Waals surface area contributed by atoms with Crippen LogP contribution < -0.4 is 4.72 Å². The molecule has 0 bridgehead atoms. The zero-order valence-corrected chi connectivity index (χ0v) is 17.1. The average Bonchev–Trinajstić information content (AvgIpc) is 2.78. The van der Waals surface area contributed by atoms with E-state index < -0.39 is 16.0 Å². The topological polar surface area (TPSA) is 83.5 Å². The van der Waals surface area contributed by atoms with E-state index in [1.807, 2.05) is 24.3 Å². The first-order chi connectivity index (χ1) is 14.9. The van der Waals surface area contributed by atoms with Gasteiger partial charge in [-0.2, -0.15) is 0 Å². The van der Waals surface area contributed by atoms with Crippen molar-refractivity contribution in [2.75, 3.05) is 4.72 Å². The number of fused-ring (bicyclic) bond motifs is 1. The van der Waals surface area contributed by atoms with Gasteiger partial charge in [-0.15, -0.1) is 0 Å². The molecule has 0 amide bonds. The zero-order valence-electron chi connectivity index (χ0n) is 16.2. The molecule has 4 aromatic rings. The van der Waals surface area contributed by atoms with Crippen LogP contribution in [-0.4, -0.2) is 19.5 Å². The van der Waals surface area contributed by atoms with E-state index in [1.165, 1.54) is 12.1 Å². The maximum Gasteiger partial charge on any atom is 0.335 e. The summed E-state index contributed by atoms with van der Waals surface area (Å²) in [6.07, 6.45) is 0. The van der Waals surface area contributed by atoms with Crippen LogP contribution in [0.4, 0.5) is 5.69 Å². The third-order valence-corrected chi connectivity index (χ3v) is 6.02. The molecule has 4 rings (SSSR count). The van der Waals surface area contributed by atoms with Gasteiger partial charge >= 0.3 is 5.97 Å². The number of rotatable bonds is 4. The number of nitrogens with one attached hydrogen (secondary N) is 1. The second-order valence-electron chi connectivity index (χ2n) is 6.80. The number of para-hydroxylation sites is 1. The molecule has 4 aromatic carbocycles. The Morgan fingerprint density at radius 2 is 1.52 bits per heavy atom. The van der Waals surface area contributed by atoms with Crippen LogP contribution in [0.3, 0.4) is 0 Å². The van der Waals surface area contributed by atoms with Crippen LogP contribution in [0.15, 0.2) is 95.9 Å². The van der Waals surface area contributed by atoms with Gasteiger partial charge in [-0.1, -0.05) is 60.4 Å². The molecule has 0 aromatic heterocycles. The normalized spacial score (nSPS) is 10.8. The van der Waals surface area contributed by atoms with Crippen LogP contribution in [0.2, 0.25) is 0 Å². The molecule has 0 fully saturated rings. The van der Waals surface area contributed by atoms with E-state index in [4.69, 9.17) is 5.11 Å². The van der Waals surface area contributed by atoms with Crippen molar-refractivity contribution in [2.24, 2.45) is 0 Å². The van der Waals surface area contributed by atoms with Gasteiger partial charge in [0.1, 0.15) is 0 Å². The number of carbonyl (C=O) groups is 1. The smallest absolute Gasteiger partial charge is 0.335 e. The zero-order chi connectivity index (χ0) is 21.8. The molecule has 0 saturated heterocycles. The molecule has 5 nitrogen and oxygen atoms in total. The van der Waals surface area contributed by atoms with Crippen molar-refractivity contribution in [3.8, 4) is 11.8 Å². The molecule has 2 N–H and O–H groups in total. The van der Waals surface area contributed by atoms with Gasteiger partial charge in [0.15, 0.2) is 0 Å². The molecule has 0 radical (unpaired) electrons. The van der Waals surface area contributed by atoms with Crippen LogP contribution in [0.1, 0.15) is 21.5 Å². The summed E-state index contributed by atoms with van der Waals surface area (Å²) >= 11 is 0. The summed E-state index contributed by atoms with van der Waals surface area (Å²) in [4.78, 5) is 11.3. The van der Waals surface area contributed by atoms with Crippen LogP contribution in [0.25, 0.3) is 10.8 Å². The predicted molar refractivity (Wildman–Crippen MR) is 121 cm³/mol. The second kappa shape index (κ2) is 8.34. The standard InChI is InChI=1S/C25H17NO4S/c27-25(28)22-10-5-6-18(16-22)12-13-20-8-3-4-11-24(20)26-31(29,30)23-15-14-19-7-1-2-9-21(19)17-23/h1-11,14-17,26H,(H,27,28). The lowest BCUT2D eigenvalue weighted by Crippen LogP contribution is -2.13. The molecule has 152 valence electrons. The highest BCUT2D eigenvalue weighted by atomic mass is 32.2. The highest BCUT2D eigenvalue weighted by Crippen LogP contribution is 2.23. The third kappa shape index (κ3) is 4.58. The Hall–Kier alpha value is -4.08. The fraction of sp³-hybridized carbons (Fsp3) is 0. The molecule has 0 saturated carbocycles. The van der Waals surface area contributed by atoms with Crippen LogP contribution in [0.5, 0.6) is 0 Å². The summed E-state index contributed by atoms with van der Waals surface area (Å²) in [7, 11) is -3.82. The van der Waals surface area contributed by atoms with Gasteiger partial charge in [0, 0.05) is 11.1 Å². The summed E-state index contributed by atoms with van der Waals surface area (Å²) in [5, 5.41) is 10.9. The predicted octanol–water partition coefficient (Wildman–Crippen LogP) is 4.74. The average molecular weight is 427 g/mol. The van der Waals surface area contributed by atoms with E-state index in [1.54, 1.807) is 54.6 Å². The Balaban J connectivity index is 1.66. The van der Waals surface area contributed by atoms with E-state index in [2.05, 4.69) is 16.6 Å². The quantitative estimate of drug-likeness (QED) is 0.461. The van der Waals surface area contributed by atoms with Crippen molar-refractivity contribution in [3.63, 3.8) is 0 Å². The molecule has 6 heteroatoms. The molecular formula is C25H17NO4S. The lowest BCUT2D eigenvalue weighted by Gasteiger charge is -2.10. The summed E-state index contributed by atoms with van der Waals surface area (Å²) in [5.74, 6) is 4.79. The van der Waals surface area contributed by atoms with Gasteiger partial charge in [0.2, 0.25) is 0 Å². The molecule has 0 aliphatic heterocycles. The van der Waals surface area contributed by atoms with Crippen LogP contribution >= 0.6 is 0 Å². The molecular weight excluding hydrogens is 410 g/mol. The van der Waals surface area contributed by atoms with Gasteiger partial charge in [0.25, 0.3) is 10.0 Å². The largest absolute Gasteiger partial charge is 0.478 e. The van der Waals surface area contributed by atoms with E-state index in [0.29, 0.717) is 16.8 Å². The maximum atomic E-state index is 13.0. The fourth-order valence-corrected chi connectivity index (χ4v) is 4.20. The first-order valence-electron chi connectivity index (χ1n) is 9.38. The minimum Gasteiger partial charge on any atom is -0.478 e. The van der Waals surface area contributed by atoms with Crippen molar-refractivity contribution in [3.05, 3.63) is 108 Å². The Labute approximate surface area is 180 Å². The molecule has 0 atom stereocenters. The molecule has 0 aliphatic carbocycles. The van der Waals surface area contributed by atoms with Crippen LogP contribution in [-0.2, 0) is 10.0 Å². The lowest BCUT2D eigenvalue weighted by molar-refractivity contribution is 0.0697. The fourth-order valence-electron chi connectivity index (χ4n) is 3.09. The SMILES string of the molecule is O=C(O)c1cccc(C#Cc2ccccc2NS(=O)(=O)c2ccc3ccccc3c2)c1. The highest BCUT2D eigenvalue weighted by molar-refractivity contribution is 7.92. The number of hydrogen-bond acceptors (Lipinski definition) is 3. The van der Waals surface area contributed by atoms with E-state index in [-0.39, 0.29) is 10.5 Å². The van der Waals surface area contributed by atoms with Gasteiger partial charge in [-0.05, 0) is 53.2 Å². The monoisotopic (exact) mass is 427 g/mol. The third-order valence-electron chi connectivity index (χ3n) is 4.65. The van der Waals surface area contributed by atoms with E-state index >= 15 is 0 Å². The Morgan fingerprint density at radius 1 is 0.774 bits per heavy atom.